The fourth-order valence-electron chi connectivity index (χ4n) is 4.17. The van der Waals surface area contributed by atoms with Gasteiger partial charge in [-0.25, -0.2) is 18.7 Å². The van der Waals surface area contributed by atoms with Gasteiger partial charge in [-0.15, -0.1) is 0 Å². The lowest BCUT2D eigenvalue weighted by Gasteiger charge is -2.30. The summed E-state index contributed by atoms with van der Waals surface area (Å²) in [6.45, 7) is 8.48. The molecule has 3 aromatic heterocycles. The Morgan fingerprint density at radius 1 is 1.23 bits per heavy atom. The fraction of sp³-hybridized carbons (Fsp3) is 0.417. The van der Waals surface area contributed by atoms with Crippen LogP contribution in [0.15, 0.2) is 30.7 Å². The minimum absolute atomic E-state index is 0.0824. The van der Waals surface area contributed by atoms with Gasteiger partial charge in [0.1, 0.15) is 12.3 Å². The number of carbonyl (C=O) groups is 1. The number of aryl methyl sites for hydroxylation is 1. The Kier molecular flexibility index (Phi) is 6.00. The highest BCUT2D eigenvalue weighted by Gasteiger charge is 2.47. The second-order valence-corrected chi connectivity index (χ2v) is 9.48. The number of ether oxygens (including phenoxy) is 2. The Hall–Kier alpha value is -3.60. The molecule has 11 heteroatoms. The quantitative estimate of drug-likeness (QED) is 0.540. The number of anilines is 1. The highest BCUT2D eigenvalue weighted by molar-refractivity contribution is 6.12. The Morgan fingerprint density at radius 3 is 2.54 bits per heavy atom. The van der Waals surface area contributed by atoms with Crippen molar-refractivity contribution in [3.05, 3.63) is 47.5 Å². The van der Waals surface area contributed by atoms with Crippen molar-refractivity contribution < 1.29 is 23.0 Å². The van der Waals surface area contributed by atoms with E-state index in [1.54, 1.807) is 34.1 Å². The third-order valence-electron chi connectivity index (χ3n) is 5.86. The molecule has 4 rings (SSSR count). The molecule has 35 heavy (non-hydrogen) atoms. The largest absolute Gasteiger partial charge is 0.482 e. The van der Waals surface area contributed by atoms with Crippen LogP contribution in [0, 0.1) is 6.92 Å². The van der Waals surface area contributed by atoms with Crippen molar-refractivity contribution in [2.75, 3.05) is 18.6 Å². The predicted octanol–water partition coefficient (Wildman–Crippen LogP) is 3.85. The normalized spacial score (nSPS) is 15.0. The van der Waals surface area contributed by atoms with Gasteiger partial charge in [-0.3, -0.25) is 14.4 Å². The smallest absolute Gasteiger partial charge is 0.272 e. The van der Waals surface area contributed by atoms with E-state index in [2.05, 4.69) is 10.1 Å². The molecule has 1 aliphatic rings. The van der Waals surface area contributed by atoms with Gasteiger partial charge in [0.15, 0.2) is 5.75 Å². The number of hydrogen-bond donors (Lipinski definition) is 1. The molecule has 0 aliphatic carbocycles. The van der Waals surface area contributed by atoms with Crippen molar-refractivity contribution in [1.29, 1.82) is 0 Å². The molecule has 0 unspecified atom stereocenters. The Bertz CT molecular complexity index is 1280. The highest BCUT2D eigenvalue weighted by Crippen LogP contribution is 2.43. The van der Waals surface area contributed by atoms with Crippen LogP contribution in [-0.2, 0) is 11.2 Å². The lowest BCUT2D eigenvalue weighted by molar-refractivity contribution is 0.0801. The number of pyridine rings is 2. The molecule has 0 saturated carbocycles. The number of amides is 1. The molecule has 186 valence electrons. The van der Waals surface area contributed by atoms with Gasteiger partial charge in [0.05, 0.1) is 47.7 Å². The zero-order chi connectivity index (χ0) is 25.7. The standard InChI is InChI=1S/C24H28F2N6O3/c1-13-7-16(14-8-17(35-12-18(25)26)21(34-6)28-9-14)30-20-19(13)22(33)32(23(20,2)3)15-10-29-31(11-15)24(4,5)27/h7-11,18H,12,27H2,1-6H3. The number of methoxy groups -OCH3 is 1. The van der Waals surface area contributed by atoms with Crippen molar-refractivity contribution in [3.63, 3.8) is 0 Å². The number of nitrogens with zero attached hydrogens (tertiary/aromatic N) is 5. The molecule has 1 aliphatic heterocycles. The van der Waals surface area contributed by atoms with E-state index < -0.39 is 24.2 Å². The maximum atomic E-state index is 13.5. The second-order valence-electron chi connectivity index (χ2n) is 9.48. The van der Waals surface area contributed by atoms with Crippen LogP contribution >= 0.6 is 0 Å². The van der Waals surface area contributed by atoms with E-state index >= 15 is 0 Å². The maximum Gasteiger partial charge on any atom is 0.272 e. The molecule has 0 fully saturated rings. The first-order chi connectivity index (χ1) is 16.3. The number of hydrogen-bond acceptors (Lipinski definition) is 7. The molecule has 4 heterocycles. The number of nitrogens with two attached hydrogens (primary N) is 1. The molecule has 0 bridgehead atoms. The predicted molar refractivity (Wildman–Crippen MR) is 126 cm³/mol. The highest BCUT2D eigenvalue weighted by atomic mass is 19.3. The number of rotatable bonds is 7. The molecule has 3 aromatic rings. The third-order valence-corrected chi connectivity index (χ3v) is 5.86. The van der Waals surface area contributed by atoms with E-state index in [4.69, 9.17) is 20.2 Å². The van der Waals surface area contributed by atoms with Gasteiger partial charge in [0.2, 0.25) is 0 Å². The van der Waals surface area contributed by atoms with Crippen molar-refractivity contribution >= 4 is 11.6 Å². The van der Waals surface area contributed by atoms with Crippen molar-refractivity contribution in [1.82, 2.24) is 19.7 Å². The second kappa shape index (κ2) is 8.56. The van der Waals surface area contributed by atoms with Crippen LogP contribution < -0.4 is 20.1 Å². The average Bonchev–Trinajstić information content (AvgIpc) is 3.33. The summed E-state index contributed by atoms with van der Waals surface area (Å²) in [4.78, 5) is 24.2. The number of alkyl halides is 2. The molecular weight excluding hydrogens is 458 g/mol. The van der Waals surface area contributed by atoms with Gasteiger partial charge in [-0.1, -0.05) is 0 Å². The van der Waals surface area contributed by atoms with Crippen LogP contribution in [-0.4, -0.2) is 45.8 Å². The molecule has 0 aromatic carbocycles. The summed E-state index contributed by atoms with van der Waals surface area (Å²) >= 11 is 0. The monoisotopic (exact) mass is 486 g/mol. The molecule has 0 saturated heterocycles. The molecular formula is C24H28F2N6O3. The first-order valence-corrected chi connectivity index (χ1v) is 11.0. The minimum atomic E-state index is -2.64. The molecule has 1 amide bonds. The van der Waals surface area contributed by atoms with E-state index in [0.29, 0.717) is 28.2 Å². The SMILES string of the molecule is COc1ncc(-c2cc(C)c3c(n2)C(C)(C)N(c2cnn(C(C)(C)N)c2)C3=O)cc1OCC(F)F. The van der Waals surface area contributed by atoms with Gasteiger partial charge >= 0.3 is 0 Å². The summed E-state index contributed by atoms with van der Waals surface area (Å²) in [5, 5.41) is 4.33. The first kappa shape index (κ1) is 24.5. The van der Waals surface area contributed by atoms with Crippen LogP contribution in [0.2, 0.25) is 0 Å². The third kappa shape index (κ3) is 4.31. The summed E-state index contributed by atoms with van der Waals surface area (Å²) in [6.07, 6.45) is 2.23. The molecule has 0 radical (unpaired) electrons. The van der Waals surface area contributed by atoms with Gasteiger partial charge in [-0.2, -0.15) is 5.10 Å². The number of fused-ring (bicyclic) bond motifs is 1. The minimum Gasteiger partial charge on any atom is -0.482 e. The number of aromatic nitrogens is 4. The molecule has 9 nitrogen and oxygen atoms in total. The lowest BCUT2D eigenvalue weighted by Crippen LogP contribution is -2.40. The van der Waals surface area contributed by atoms with Crippen LogP contribution in [0.3, 0.4) is 0 Å². The van der Waals surface area contributed by atoms with E-state index in [1.165, 1.54) is 13.3 Å². The summed E-state index contributed by atoms with van der Waals surface area (Å²) in [5.41, 5.74) is 8.12. The molecule has 0 spiro atoms. The Labute approximate surface area is 201 Å². The maximum absolute atomic E-state index is 13.5. The Balaban J connectivity index is 1.77. The van der Waals surface area contributed by atoms with E-state index in [-0.39, 0.29) is 17.5 Å². The molecule has 2 N–H and O–H groups in total. The van der Waals surface area contributed by atoms with Crippen molar-refractivity contribution in [3.8, 4) is 22.9 Å². The number of carbonyl (C=O) groups excluding carboxylic acids is 1. The van der Waals surface area contributed by atoms with Crippen molar-refractivity contribution in [2.24, 2.45) is 5.73 Å². The van der Waals surface area contributed by atoms with Crippen LogP contribution in [0.5, 0.6) is 11.6 Å². The van der Waals surface area contributed by atoms with Crippen LogP contribution in [0.1, 0.15) is 49.3 Å². The topological polar surface area (TPSA) is 108 Å². The van der Waals surface area contributed by atoms with Crippen LogP contribution in [0.25, 0.3) is 11.3 Å². The van der Waals surface area contributed by atoms with E-state index in [0.717, 1.165) is 5.56 Å². The number of halogens is 2. The zero-order valence-electron chi connectivity index (χ0n) is 20.5. The van der Waals surface area contributed by atoms with Gasteiger partial charge in [0, 0.05) is 11.8 Å². The van der Waals surface area contributed by atoms with E-state index in [9.17, 15) is 13.6 Å². The van der Waals surface area contributed by atoms with Gasteiger partial charge in [0.25, 0.3) is 18.2 Å². The lowest BCUT2D eigenvalue weighted by atomic mass is 9.96. The summed E-state index contributed by atoms with van der Waals surface area (Å²) in [5.74, 6) is -0.0161. The van der Waals surface area contributed by atoms with Crippen LogP contribution in [0.4, 0.5) is 14.5 Å². The summed E-state index contributed by atoms with van der Waals surface area (Å²) in [6, 6.07) is 3.32. The fourth-order valence-corrected chi connectivity index (χ4v) is 4.17. The summed E-state index contributed by atoms with van der Waals surface area (Å²) < 4.78 is 37.3. The van der Waals surface area contributed by atoms with Gasteiger partial charge < -0.3 is 15.2 Å². The summed E-state index contributed by atoms with van der Waals surface area (Å²) in [7, 11) is 1.38. The average molecular weight is 487 g/mol. The van der Waals surface area contributed by atoms with Gasteiger partial charge in [-0.05, 0) is 52.3 Å². The zero-order valence-corrected chi connectivity index (χ0v) is 20.5. The molecule has 0 atom stereocenters. The Morgan fingerprint density at radius 2 is 1.94 bits per heavy atom. The first-order valence-electron chi connectivity index (χ1n) is 11.0. The van der Waals surface area contributed by atoms with Crippen molar-refractivity contribution in [2.45, 2.75) is 52.2 Å². The van der Waals surface area contributed by atoms with E-state index in [1.807, 2.05) is 34.6 Å².